The third-order valence-corrected chi connectivity index (χ3v) is 4.54. The fraction of sp³-hybridized carbons (Fsp3) is 0.0714. The van der Waals surface area contributed by atoms with Gasteiger partial charge in [-0.1, -0.05) is 11.6 Å². The average molecular weight is 313 g/mol. The van der Waals surface area contributed by atoms with Gasteiger partial charge in [-0.2, -0.15) is 0 Å². The number of halogens is 2. The summed E-state index contributed by atoms with van der Waals surface area (Å²) in [7, 11) is -3.74. The molecule has 104 valence electrons. The highest BCUT2D eigenvalue weighted by molar-refractivity contribution is 7.92. The van der Waals surface area contributed by atoms with Crippen molar-refractivity contribution in [3.05, 3.63) is 64.9 Å². The van der Waals surface area contributed by atoms with Gasteiger partial charge in [-0.05, 0) is 48.5 Å². The molecule has 0 heterocycles. The van der Waals surface area contributed by atoms with Gasteiger partial charge in [0.15, 0.2) is 15.6 Å². The summed E-state index contributed by atoms with van der Waals surface area (Å²) in [4.78, 5) is 11.9. The predicted molar refractivity (Wildman–Crippen MR) is 74.2 cm³/mol. The minimum atomic E-state index is -3.74. The van der Waals surface area contributed by atoms with Crippen LogP contribution in [0.4, 0.5) is 4.39 Å². The van der Waals surface area contributed by atoms with E-state index in [1.165, 1.54) is 36.4 Å². The van der Waals surface area contributed by atoms with Crippen LogP contribution in [0.15, 0.2) is 53.4 Å². The van der Waals surface area contributed by atoms with E-state index in [-0.39, 0.29) is 10.5 Å². The van der Waals surface area contributed by atoms with E-state index in [4.69, 9.17) is 11.6 Å². The first-order chi connectivity index (χ1) is 9.38. The topological polar surface area (TPSA) is 51.2 Å². The average Bonchev–Trinajstić information content (AvgIpc) is 2.39. The molecule has 2 aromatic rings. The molecule has 0 N–H and O–H groups in total. The van der Waals surface area contributed by atoms with Crippen LogP contribution in [0.2, 0.25) is 5.02 Å². The Labute approximate surface area is 120 Å². The standard InChI is InChI=1S/C14H10ClFO3S/c15-11-3-7-13(8-4-11)20(18,19)9-14(17)10-1-5-12(16)6-2-10/h1-8H,9H2. The molecule has 0 spiro atoms. The second kappa shape index (κ2) is 5.73. The van der Waals surface area contributed by atoms with Crippen LogP contribution in [0.25, 0.3) is 0 Å². The van der Waals surface area contributed by atoms with Crippen molar-refractivity contribution < 1.29 is 17.6 Å². The van der Waals surface area contributed by atoms with Crippen molar-refractivity contribution >= 4 is 27.2 Å². The Hall–Kier alpha value is -1.72. The quantitative estimate of drug-likeness (QED) is 0.815. The molecule has 20 heavy (non-hydrogen) atoms. The first-order valence-corrected chi connectivity index (χ1v) is 7.68. The summed E-state index contributed by atoms with van der Waals surface area (Å²) >= 11 is 5.68. The van der Waals surface area contributed by atoms with Gasteiger partial charge in [0, 0.05) is 10.6 Å². The second-order valence-corrected chi connectivity index (χ2v) is 6.57. The Bertz CT molecular complexity index is 722. The zero-order chi connectivity index (χ0) is 14.8. The monoisotopic (exact) mass is 312 g/mol. The number of carbonyl (C=O) groups excluding carboxylic acids is 1. The van der Waals surface area contributed by atoms with Crippen molar-refractivity contribution in [2.24, 2.45) is 0 Å². The van der Waals surface area contributed by atoms with Crippen molar-refractivity contribution in [2.45, 2.75) is 4.90 Å². The molecule has 0 bridgehead atoms. The summed E-state index contributed by atoms with van der Waals surface area (Å²) < 4.78 is 36.9. The molecule has 0 aliphatic heterocycles. The number of sulfone groups is 1. The normalized spacial score (nSPS) is 11.3. The van der Waals surface area contributed by atoms with Gasteiger partial charge in [-0.25, -0.2) is 12.8 Å². The molecule has 0 fully saturated rings. The zero-order valence-electron chi connectivity index (χ0n) is 10.2. The lowest BCUT2D eigenvalue weighted by Gasteiger charge is -2.04. The summed E-state index contributed by atoms with van der Waals surface area (Å²) in [5, 5.41) is 0.411. The van der Waals surface area contributed by atoms with Crippen LogP contribution < -0.4 is 0 Å². The summed E-state index contributed by atoms with van der Waals surface area (Å²) in [5.41, 5.74) is 0.156. The van der Waals surface area contributed by atoms with E-state index in [9.17, 15) is 17.6 Å². The molecule has 2 aromatic carbocycles. The lowest BCUT2D eigenvalue weighted by atomic mass is 10.1. The van der Waals surface area contributed by atoms with Gasteiger partial charge in [-0.15, -0.1) is 0 Å². The molecule has 0 amide bonds. The highest BCUT2D eigenvalue weighted by atomic mass is 35.5. The van der Waals surface area contributed by atoms with E-state index in [0.717, 1.165) is 12.1 Å². The molecule has 0 aromatic heterocycles. The van der Waals surface area contributed by atoms with E-state index >= 15 is 0 Å². The molecule has 0 saturated carbocycles. The molecule has 0 saturated heterocycles. The predicted octanol–water partition coefficient (Wildman–Crippen LogP) is 3.14. The molecular formula is C14H10ClFO3S. The van der Waals surface area contributed by atoms with Crippen molar-refractivity contribution in [3.8, 4) is 0 Å². The van der Waals surface area contributed by atoms with Crippen molar-refractivity contribution in [3.63, 3.8) is 0 Å². The Morgan fingerprint density at radius 3 is 2.10 bits per heavy atom. The Morgan fingerprint density at radius 1 is 1.00 bits per heavy atom. The number of hydrogen-bond donors (Lipinski definition) is 0. The van der Waals surface area contributed by atoms with Gasteiger partial charge in [0.05, 0.1) is 4.90 Å². The van der Waals surface area contributed by atoms with Crippen LogP contribution in [0.5, 0.6) is 0 Å². The minimum Gasteiger partial charge on any atom is -0.293 e. The Kier molecular flexibility index (Phi) is 4.20. The molecule has 2 rings (SSSR count). The van der Waals surface area contributed by atoms with Gasteiger partial charge in [0.1, 0.15) is 11.6 Å². The van der Waals surface area contributed by atoms with Crippen LogP contribution in [-0.4, -0.2) is 20.0 Å². The fourth-order valence-electron chi connectivity index (χ4n) is 1.62. The van der Waals surface area contributed by atoms with E-state index in [1.54, 1.807) is 0 Å². The van der Waals surface area contributed by atoms with Gasteiger partial charge < -0.3 is 0 Å². The number of rotatable bonds is 4. The molecule has 0 radical (unpaired) electrons. The fourth-order valence-corrected chi connectivity index (χ4v) is 2.97. The van der Waals surface area contributed by atoms with Crippen LogP contribution in [0, 0.1) is 5.82 Å². The smallest absolute Gasteiger partial charge is 0.185 e. The largest absolute Gasteiger partial charge is 0.293 e. The number of Topliss-reactive ketones (excluding diaryl/α,β-unsaturated/α-hetero) is 1. The minimum absolute atomic E-state index is 0.0253. The van der Waals surface area contributed by atoms with Crippen LogP contribution in [0.3, 0.4) is 0 Å². The van der Waals surface area contributed by atoms with E-state index in [0.29, 0.717) is 5.02 Å². The SMILES string of the molecule is O=C(CS(=O)(=O)c1ccc(Cl)cc1)c1ccc(F)cc1. The molecule has 0 aliphatic rings. The highest BCUT2D eigenvalue weighted by Gasteiger charge is 2.20. The van der Waals surface area contributed by atoms with Crippen molar-refractivity contribution in [1.82, 2.24) is 0 Å². The molecule has 0 unspecified atom stereocenters. The van der Waals surface area contributed by atoms with E-state index in [2.05, 4.69) is 0 Å². The van der Waals surface area contributed by atoms with Gasteiger partial charge in [-0.3, -0.25) is 4.79 Å². The Morgan fingerprint density at radius 2 is 1.55 bits per heavy atom. The maximum Gasteiger partial charge on any atom is 0.185 e. The zero-order valence-corrected chi connectivity index (χ0v) is 11.8. The third kappa shape index (κ3) is 3.43. The number of benzene rings is 2. The first-order valence-electron chi connectivity index (χ1n) is 5.65. The van der Waals surface area contributed by atoms with Gasteiger partial charge >= 0.3 is 0 Å². The lowest BCUT2D eigenvalue weighted by molar-refractivity contribution is 0.102. The van der Waals surface area contributed by atoms with E-state index in [1.807, 2.05) is 0 Å². The second-order valence-electron chi connectivity index (χ2n) is 4.14. The number of carbonyl (C=O) groups is 1. The van der Waals surface area contributed by atoms with Crippen molar-refractivity contribution in [1.29, 1.82) is 0 Å². The van der Waals surface area contributed by atoms with Crippen molar-refractivity contribution in [2.75, 3.05) is 5.75 Å². The molecule has 6 heteroatoms. The highest BCUT2D eigenvalue weighted by Crippen LogP contribution is 2.16. The maximum atomic E-state index is 12.7. The maximum absolute atomic E-state index is 12.7. The molecular weight excluding hydrogens is 303 g/mol. The van der Waals surface area contributed by atoms with E-state index < -0.39 is 27.2 Å². The van der Waals surface area contributed by atoms with Crippen LogP contribution in [0.1, 0.15) is 10.4 Å². The molecule has 3 nitrogen and oxygen atoms in total. The lowest BCUT2D eigenvalue weighted by Crippen LogP contribution is -2.16. The molecule has 0 atom stereocenters. The summed E-state index contributed by atoms with van der Waals surface area (Å²) in [5.74, 6) is -1.73. The van der Waals surface area contributed by atoms with Crippen LogP contribution >= 0.6 is 11.6 Å². The summed E-state index contributed by atoms with van der Waals surface area (Å²) in [6, 6.07) is 10.3. The molecule has 0 aliphatic carbocycles. The Balaban J connectivity index is 2.22. The number of hydrogen-bond acceptors (Lipinski definition) is 3. The number of ketones is 1. The van der Waals surface area contributed by atoms with Gasteiger partial charge in [0.2, 0.25) is 0 Å². The first kappa shape index (κ1) is 14.7. The summed E-state index contributed by atoms with van der Waals surface area (Å²) in [6.45, 7) is 0. The summed E-state index contributed by atoms with van der Waals surface area (Å²) in [6.07, 6.45) is 0. The van der Waals surface area contributed by atoms with Gasteiger partial charge in [0.25, 0.3) is 0 Å². The third-order valence-electron chi connectivity index (χ3n) is 2.66. The van der Waals surface area contributed by atoms with Crippen LogP contribution in [-0.2, 0) is 9.84 Å².